The number of Topliss-reactive ketones (excluding diaryl/α,β-unsaturated/α-hetero) is 1. The van der Waals surface area contributed by atoms with Crippen LogP contribution in [0, 0.1) is 0 Å². The van der Waals surface area contributed by atoms with Crippen molar-refractivity contribution in [2.45, 2.75) is 19.4 Å². The molecule has 3 aromatic rings. The van der Waals surface area contributed by atoms with Gasteiger partial charge in [0.25, 0.3) is 5.91 Å². The van der Waals surface area contributed by atoms with Crippen molar-refractivity contribution >= 4 is 17.8 Å². The van der Waals surface area contributed by atoms with Crippen LogP contribution in [-0.4, -0.2) is 21.5 Å². The lowest BCUT2D eigenvalue weighted by Gasteiger charge is -2.14. The summed E-state index contributed by atoms with van der Waals surface area (Å²) >= 11 is 0. The van der Waals surface area contributed by atoms with E-state index in [1.54, 1.807) is 29.2 Å². The molecular formula is C26H21N3O2. The molecule has 5 nitrogen and oxygen atoms in total. The van der Waals surface area contributed by atoms with E-state index in [4.69, 9.17) is 0 Å². The molecule has 152 valence electrons. The summed E-state index contributed by atoms with van der Waals surface area (Å²) < 4.78 is 1.74. The molecule has 1 amide bonds. The van der Waals surface area contributed by atoms with Crippen molar-refractivity contribution in [2.24, 2.45) is 0 Å². The number of benzene rings is 2. The highest BCUT2D eigenvalue weighted by Crippen LogP contribution is 2.31. The highest BCUT2D eigenvalue weighted by atomic mass is 16.1. The molecule has 0 atom stereocenters. The molecule has 1 N–H and O–H groups in total. The Labute approximate surface area is 180 Å². The Bertz CT molecular complexity index is 1260. The van der Waals surface area contributed by atoms with Crippen LogP contribution in [0.2, 0.25) is 0 Å². The van der Waals surface area contributed by atoms with Crippen LogP contribution in [0.15, 0.2) is 96.0 Å². The smallest absolute Gasteiger partial charge is 0.258 e. The van der Waals surface area contributed by atoms with Gasteiger partial charge in [-0.25, -0.2) is 0 Å². The van der Waals surface area contributed by atoms with Gasteiger partial charge in [0, 0.05) is 23.9 Å². The molecule has 0 unspecified atom stereocenters. The van der Waals surface area contributed by atoms with Crippen LogP contribution >= 0.6 is 0 Å². The number of nitrogens with zero attached hydrogens (tertiary/aromatic N) is 2. The Morgan fingerprint density at radius 3 is 2.68 bits per heavy atom. The van der Waals surface area contributed by atoms with Crippen molar-refractivity contribution in [3.8, 4) is 0 Å². The molecule has 0 radical (unpaired) electrons. The molecule has 0 fully saturated rings. The number of carbonyl (C=O) groups is 2. The molecule has 0 bridgehead atoms. The van der Waals surface area contributed by atoms with Crippen molar-refractivity contribution in [1.82, 2.24) is 15.1 Å². The van der Waals surface area contributed by atoms with Crippen molar-refractivity contribution < 1.29 is 9.59 Å². The summed E-state index contributed by atoms with van der Waals surface area (Å²) in [6, 6.07) is 18.1. The third-order valence-corrected chi connectivity index (χ3v) is 5.56. The van der Waals surface area contributed by atoms with Crippen LogP contribution in [0.3, 0.4) is 0 Å². The van der Waals surface area contributed by atoms with E-state index in [9.17, 15) is 9.59 Å². The molecule has 1 heterocycles. The van der Waals surface area contributed by atoms with Crippen molar-refractivity contribution in [2.75, 3.05) is 0 Å². The molecule has 5 rings (SSSR count). The van der Waals surface area contributed by atoms with Gasteiger partial charge in [0.2, 0.25) is 0 Å². The summed E-state index contributed by atoms with van der Waals surface area (Å²) in [6.07, 6.45) is 9.93. The third kappa shape index (κ3) is 4.03. The summed E-state index contributed by atoms with van der Waals surface area (Å²) in [5.41, 5.74) is 6.29. The zero-order chi connectivity index (χ0) is 21.2. The Morgan fingerprint density at radius 2 is 1.84 bits per heavy atom. The van der Waals surface area contributed by atoms with Gasteiger partial charge < -0.3 is 5.32 Å². The van der Waals surface area contributed by atoms with Crippen LogP contribution in [0.4, 0.5) is 0 Å². The molecule has 2 aliphatic carbocycles. The molecule has 5 heteroatoms. The number of rotatable bonds is 5. The summed E-state index contributed by atoms with van der Waals surface area (Å²) in [7, 11) is 0. The van der Waals surface area contributed by atoms with E-state index in [2.05, 4.69) is 28.6 Å². The molecule has 0 saturated heterocycles. The van der Waals surface area contributed by atoms with E-state index < -0.39 is 0 Å². The van der Waals surface area contributed by atoms with Gasteiger partial charge in [-0.3, -0.25) is 14.3 Å². The predicted octanol–water partition coefficient (Wildman–Crippen LogP) is 4.08. The number of hydrogen-bond donors (Lipinski definition) is 1. The standard InChI is InChI=1S/C26H21N3O2/c30-25-11-10-23(14-24(25)21-12-19-8-4-5-9-20(19)13-21)28-26(31)22-15-27-29(17-22)16-18-6-2-1-3-7-18/h1-10,12,14-15,17H,11,13,16H2,(H,28,31). The summed E-state index contributed by atoms with van der Waals surface area (Å²) in [6.45, 7) is 0.601. The van der Waals surface area contributed by atoms with E-state index >= 15 is 0 Å². The highest BCUT2D eigenvalue weighted by molar-refractivity contribution is 6.04. The van der Waals surface area contributed by atoms with Crippen LogP contribution in [-0.2, 0) is 17.8 Å². The van der Waals surface area contributed by atoms with Crippen LogP contribution in [0.1, 0.15) is 33.5 Å². The van der Waals surface area contributed by atoms with E-state index in [-0.39, 0.29) is 18.1 Å². The lowest BCUT2D eigenvalue weighted by Crippen LogP contribution is -2.24. The molecule has 0 aliphatic heterocycles. The number of allylic oxidation sites excluding steroid dienone is 4. The summed E-state index contributed by atoms with van der Waals surface area (Å²) in [5, 5.41) is 7.22. The first kappa shape index (κ1) is 19.0. The second kappa shape index (κ2) is 8.03. The number of nitrogens with one attached hydrogen (secondary N) is 1. The van der Waals surface area contributed by atoms with Gasteiger partial charge in [0.05, 0.1) is 18.3 Å². The highest BCUT2D eigenvalue weighted by Gasteiger charge is 2.23. The largest absolute Gasteiger partial charge is 0.322 e. The first-order valence-corrected chi connectivity index (χ1v) is 10.3. The van der Waals surface area contributed by atoms with Gasteiger partial charge in [0.15, 0.2) is 5.78 Å². The molecular weight excluding hydrogens is 386 g/mol. The number of ketones is 1. The minimum atomic E-state index is -0.237. The number of carbonyl (C=O) groups excluding carboxylic acids is 2. The average molecular weight is 407 g/mol. The summed E-state index contributed by atoms with van der Waals surface area (Å²) in [4.78, 5) is 25.3. The van der Waals surface area contributed by atoms with E-state index in [0.717, 1.165) is 23.1 Å². The van der Waals surface area contributed by atoms with Crippen molar-refractivity contribution in [1.29, 1.82) is 0 Å². The van der Waals surface area contributed by atoms with Crippen LogP contribution in [0.5, 0.6) is 0 Å². The normalized spacial score (nSPS) is 15.1. The first-order valence-electron chi connectivity index (χ1n) is 10.3. The maximum absolute atomic E-state index is 12.7. The predicted molar refractivity (Wildman–Crippen MR) is 119 cm³/mol. The minimum Gasteiger partial charge on any atom is -0.322 e. The molecule has 0 spiro atoms. The second-order valence-electron chi connectivity index (χ2n) is 7.76. The second-order valence-corrected chi connectivity index (χ2v) is 7.76. The third-order valence-electron chi connectivity index (χ3n) is 5.56. The quantitative estimate of drug-likeness (QED) is 0.693. The van der Waals surface area contributed by atoms with Crippen molar-refractivity contribution in [3.63, 3.8) is 0 Å². The fraction of sp³-hybridized carbons (Fsp3) is 0.115. The first-order chi connectivity index (χ1) is 15.2. The molecule has 2 aromatic carbocycles. The number of aromatic nitrogens is 2. The Morgan fingerprint density at radius 1 is 1.03 bits per heavy atom. The topological polar surface area (TPSA) is 64.0 Å². The van der Waals surface area contributed by atoms with Gasteiger partial charge in [-0.05, 0) is 34.8 Å². The monoisotopic (exact) mass is 407 g/mol. The fourth-order valence-electron chi connectivity index (χ4n) is 3.96. The van der Waals surface area contributed by atoms with E-state index in [1.807, 2.05) is 42.5 Å². The van der Waals surface area contributed by atoms with Gasteiger partial charge >= 0.3 is 0 Å². The molecule has 1 aromatic heterocycles. The van der Waals surface area contributed by atoms with Gasteiger partial charge in [-0.1, -0.05) is 66.7 Å². The van der Waals surface area contributed by atoms with Crippen molar-refractivity contribution in [3.05, 3.63) is 118 Å². The summed E-state index contributed by atoms with van der Waals surface area (Å²) in [5.74, 6) is -0.160. The maximum Gasteiger partial charge on any atom is 0.258 e. The lowest BCUT2D eigenvalue weighted by atomic mass is 9.93. The average Bonchev–Trinajstić information content (AvgIpc) is 3.43. The van der Waals surface area contributed by atoms with Crippen LogP contribution in [0.25, 0.3) is 6.08 Å². The Kier molecular flexibility index (Phi) is 4.92. The van der Waals surface area contributed by atoms with Crippen LogP contribution < -0.4 is 5.32 Å². The molecule has 0 saturated carbocycles. The lowest BCUT2D eigenvalue weighted by molar-refractivity contribution is -0.114. The zero-order valence-electron chi connectivity index (χ0n) is 16.9. The molecule has 2 aliphatic rings. The number of fused-ring (bicyclic) bond motifs is 1. The fourth-order valence-corrected chi connectivity index (χ4v) is 3.96. The van der Waals surface area contributed by atoms with E-state index in [0.29, 0.717) is 23.4 Å². The zero-order valence-corrected chi connectivity index (χ0v) is 16.9. The maximum atomic E-state index is 12.7. The Balaban J connectivity index is 1.29. The Hall–Kier alpha value is -3.99. The van der Waals surface area contributed by atoms with Gasteiger partial charge in [-0.2, -0.15) is 5.10 Å². The minimum absolute atomic E-state index is 0.0766. The SMILES string of the molecule is O=C1CC=C(NC(=O)c2cnn(Cc3ccccc3)c2)C=C1C1=Cc2ccccc2C1. The van der Waals surface area contributed by atoms with Gasteiger partial charge in [-0.15, -0.1) is 0 Å². The van der Waals surface area contributed by atoms with Gasteiger partial charge in [0.1, 0.15) is 0 Å². The molecule has 31 heavy (non-hydrogen) atoms. The number of hydrogen-bond acceptors (Lipinski definition) is 3. The van der Waals surface area contributed by atoms with E-state index in [1.165, 1.54) is 5.56 Å². The number of amides is 1.